The molecule has 6 nitrogen and oxygen atoms in total. The van der Waals surface area contributed by atoms with Gasteiger partial charge in [0.2, 0.25) is 5.91 Å². The molecule has 0 unspecified atom stereocenters. The third-order valence-electron chi connectivity index (χ3n) is 5.22. The van der Waals surface area contributed by atoms with Crippen molar-refractivity contribution in [3.8, 4) is 0 Å². The molecule has 3 rings (SSSR count). The fourth-order valence-electron chi connectivity index (χ4n) is 3.48. The Morgan fingerprint density at radius 3 is 2.52 bits per heavy atom. The molecule has 0 spiro atoms. The minimum Gasteiger partial charge on any atom is -0.467 e. The van der Waals surface area contributed by atoms with Crippen LogP contribution in [0, 0.1) is 6.92 Å². The van der Waals surface area contributed by atoms with Gasteiger partial charge in [0.1, 0.15) is 12.3 Å². The minimum absolute atomic E-state index is 0.0256. The number of ether oxygens (including phenoxy) is 1. The highest BCUT2D eigenvalue weighted by Crippen LogP contribution is 2.17. The molecule has 2 aromatic rings. The molecule has 1 aliphatic rings. The predicted molar refractivity (Wildman–Crippen MR) is 110 cm³/mol. The number of aryl methyl sites for hydroxylation is 1. The van der Waals surface area contributed by atoms with Crippen molar-refractivity contribution in [3.63, 3.8) is 0 Å². The fraction of sp³-hybridized carbons (Fsp3) is 0.478. The number of furan rings is 1. The lowest BCUT2D eigenvalue weighted by atomic mass is 10.1. The normalized spacial score (nSPS) is 16.2. The van der Waals surface area contributed by atoms with Crippen LogP contribution in [-0.2, 0) is 16.1 Å². The van der Waals surface area contributed by atoms with Crippen molar-refractivity contribution in [3.05, 3.63) is 59.5 Å². The van der Waals surface area contributed by atoms with Gasteiger partial charge in [0, 0.05) is 24.8 Å². The van der Waals surface area contributed by atoms with Gasteiger partial charge in [-0.15, -0.1) is 0 Å². The molecule has 0 aliphatic carbocycles. The third-order valence-corrected chi connectivity index (χ3v) is 5.22. The van der Waals surface area contributed by atoms with Crippen molar-refractivity contribution in [2.24, 2.45) is 0 Å². The van der Waals surface area contributed by atoms with E-state index in [1.807, 2.05) is 57.2 Å². The number of rotatable bonds is 8. The molecule has 1 saturated heterocycles. The molecule has 0 N–H and O–H groups in total. The Bertz CT molecular complexity index is 793. The summed E-state index contributed by atoms with van der Waals surface area (Å²) in [6.07, 6.45) is 3.59. The van der Waals surface area contributed by atoms with Gasteiger partial charge in [0.05, 0.1) is 18.9 Å². The highest BCUT2D eigenvalue weighted by atomic mass is 16.5. The second-order valence-electron chi connectivity index (χ2n) is 7.88. The minimum atomic E-state index is -0.136. The van der Waals surface area contributed by atoms with Crippen LogP contribution in [0.25, 0.3) is 0 Å². The molecule has 0 radical (unpaired) electrons. The zero-order valence-electron chi connectivity index (χ0n) is 17.5. The first-order valence-corrected chi connectivity index (χ1v) is 10.2. The molecule has 2 amide bonds. The van der Waals surface area contributed by atoms with E-state index in [-0.39, 0.29) is 30.5 Å². The van der Waals surface area contributed by atoms with E-state index in [0.717, 1.165) is 30.8 Å². The monoisotopic (exact) mass is 398 g/mol. The van der Waals surface area contributed by atoms with E-state index < -0.39 is 0 Å². The van der Waals surface area contributed by atoms with Gasteiger partial charge >= 0.3 is 0 Å². The van der Waals surface area contributed by atoms with E-state index in [4.69, 9.17) is 9.15 Å². The summed E-state index contributed by atoms with van der Waals surface area (Å²) in [5, 5.41) is 0. The average molecular weight is 399 g/mol. The molecule has 1 aromatic heterocycles. The molecule has 0 saturated carbocycles. The van der Waals surface area contributed by atoms with Crippen LogP contribution in [0.1, 0.15) is 48.4 Å². The molecule has 0 bridgehead atoms. The van der Waals surface area contributed by atoms with Gasteiger partial charge in [-0.3, -0.25) is 9.59 Å². The molecule has 1 aromatic carbocycles. The van der Waals surface area contributed by atoms with Gasteiger partial charge in [0.15, 0.2) is 0 Å². The topological polar surface area (TPSA) is 63.0 Å². The summed E-state index contributed by atoms with van der Waals surface area (Å²) in [4.78, 5) is 29.6. The zero-order chi connectivity index (χ0) is 20.8. The van der Waals surface area contributed by atoms with Gasteiger partial charge < -0.3 is 19.0 Å². The van der Waals surface area contributed by atoms with Crippen LogP contribution < -0.4 is 0 Å². The lowest BCUT2D eigenvalue weighted by Crippen LogP contribution is -2.47. The number of hydrogen-bond donors (Lipinski definition) is 0. The summed E-state index contributed by atoms with van der Waals surface area (Å²) in [6.45, 7) is 7.47. The molecular formula is C23H30N2O4. The van der Waals surface area contributed by atoms with Crippen molar-refractivity contribution < 1.29 is 18.7 Å². The number of amides is 2. The summed E-state index contributed by atoms with van der Waals surface area (Å²) in [7, 11) is 0. The molecule has 156 valence electrons. The Morgan fingerprint density at radius 2 is 1.93 bits per heavy atom. The lowest BCUT2D eigenvalue weighted by molar-refractivity contribution is -0.134. The van der Waals surface area contributed by atoms with Gasteiger partial charge in [-0.05, 0) is 57.9 Å². The Kier molecular flexibility index (Phi) is 7.09. The second-order valence-corrected chi connectivity index (χ2v) is 7.88. The first kappa shape index (κ1) is 21.1. The molecular weight excluding hydrogens is 368 g/mol. The third kappa shape index (κ3) is 5.70. The van der Waals surface area contributed by atoms with Crippen LogP contribution in [0.2, 0.25) is 0 Å². The standard InChI is InChI=1S/C23H30N2O4/c1-17(2)25(23(27)19-10-8-18(3)9-11-19)16-22(26)24(14-20-6-4-12-28-20)15-21-7-5-13-29-21/h4,6,8-12,17,21H,5,7,13-16H2,1-3H3/t21-/m0/s1. The number of benzene rings is 1. The zero-order valence-corrected chi connectivity index (χ0v) is 17.5. The molecule has 1 fully saturated rings. The summed E-state index contributed by atoms with van der Waals surface area (Å²) in [5.41, 5.74) is 1.68. The fourth-order valence-corrected chi connectivity index (χ4v) is 3.48. The van der Waals surface area contributed by atoms with Crippen LogP contribution in [0.5, 0.6) is 0 Å². The maximum absolute atomic E-state index is 13.2. The van der Waals surface area contributed by atoms with Crippen LogP contribution in [0.15, 0.2) is 47.1 Å². The number of hydrogen-bond acceptors (Lipinski definition) is 4. The number of carbonyl (C=O) groups is 2. The van der Waals surface area contributed by atoms with E-state index in [1.165, 1.54) is 0 Å². The summed E-state index contributed by atoms with van der Waals surface area (Å²) >= 11 is 0. The van der Waals surface area contributed by atoms with Crippen LogP contribution in [0.3, 0.4) is 0 Å². The molecule has 6 heteroatoms. The summed E-state index contributed by atoms with van der Waals surface area (Å²) in [5.74, 6) is 0.479. The van der Waals surface area contributed by atoms with E-state index in [1.54, 1.807) is 16.1 Å². The Morgan fingerprint density at radius 1 is 1.17 bits per heavy atom. The van der Waals surface area contributed by atoms with Gasteiger partial charge in [0.25, 0.3) is 5.91 Å². The van der Waals surface area contributed by atoms with Gasteiger partial charge in [-0.2, -0.15) is 0 Å². The number of nitrogens with zero attached hydrogens (tertiary/aromatic N) is 2. The SMILES string of the molecule is Cc1ccc(C(=O)N(CC(=O)N(Cc2ccco2)C[C@@H]2CCCO2)C(C)C)cc1. The van der Waals surface area contributed by atoms with Crippen LogP contribution in [-0.4, -0.2) is 53.5 Å². The van der Waals surface area contributed by atoms with Crippen LogP contribution in [0.4, 0.5) is 0 Å². The van der Waals surface area contributed by atoms with Gasteiger partial charge in [-0.1, -0.05) is 17.7 Å². The molecule has 1 aliphatic heterocycles. The van der Waals surface area contributed by atoms with Crippen molar-refractivity contribution in [1.29, 1.82) is 0 Å². The maximum atomic E-state index is 13.2. The summed E-state index contributed by atoms with van der Waals surface area (Å²) in [6, 6.07) is 11.0. The van der Waals surface area contributed by atoms with E-state index >= 15 is 0 Å². The van der Waals surface area contributed by atoms with Gasteiger partial charge in [-0.25, -0.2) is 0 Å². The Balaban J connectivity index is 1.73. The van der Waals surface area contributed by atoms with E-state index in [9.17, 15) is 9.59 Å². The first-order chi connectivity index (χ1) is 13.9. The smallest absolute Gasteiger partial charge is 0.254 e. The molecule has 2 heterocycles. The Labute approximate surface area is 172 Å². The largest absolute Gasteiger partial charge is 0.467 e. The highest BCUT2D eigenvalue weighted by Gasteiger charge is 2.27. The highest BCUT2D eigenvalue weighted by molar-refractivity contribution is 5.96. The van der Waals surface area contributed by atoms with E-state index in [0.29, 0.717) is 18.7 Å². The summed E-state index contributed by atoms with van der Waals surface area (Å²) < 4.78 is 11.2. The van der Waals surface area contributed by atoms with E-state index in [2.05, 4.69) is 0 Å². The number of carbonyl (C=O) groups excluding carboxylic acids is 2. The Hall–Kier alpha value is -2.60. The maximum Gasteiger partial charge on any atom is 0.254 e. The van der Waals surface area contributed by atoms with Crippen molar-refractivity contribution in [1.82, 2.24) is 9.80 Å². The first-order valence-electron chi connectivity index (χ1n) is 10.2. The molecule has 1 atom stereocenters. The predicted octanol–water partition coefficient (Wildman–Crippen LogP) is 3.65. The van der Waals surface area contributed by atoms with Crippen molar-refractivity contribution in [2.75, 3.05) is 19.7 Å². The average Bonchev–Trinajstić information content (AvgIpc) is 3.39. The van der Waals surface area contributed by atoms with Crippen molar-refractivity contribution in [2.45, 2.75) is 52.3 Å². The van der Waals surface area contributed by atoms with Crippen LogP contribution >= 0.6 is 0 Å². The lowest BCUT2D eigenvalue weighted by Gasteiger charge is -2.31. The quantitative estimate of drug-likeness (QED) is 0.681. The molecule has 29 heavy (non-hydrogen) atoms. The second kappa shape index (κ2) is 9.74. The van der Waals surface area contributed by atoms with Crippen molar-refractivity contribution >= 4 is 11.8 Å².